The van der Waals surface area contributed by atoms with E-state index in [1.807, 2.05) is 31.4 Å². The Morgan fingerprint density at radius 3 is 2.50 bits per heavy atom. The standard InChI is InChI=1S/C23H20N3/c1-16-11-12-18-8-5-6-9-21(18)26(16)23-15-19(24-3)14-20(17(23)2)22-10-7-13-25(22)4/h5-15H,1-2,4H3/q+1. The van der Waals surface area contributed by atoms with Gasteiger partial charge < -0.3 is 4.57 Å². The Hall–Kier alpha value is -3.38. The highest BCUT2D eigenvalue weighted by molar-refractivity contribution is 5.78. The van der Waals surface area contributed by atoms with E-state index in [4.69, 9.17) is 6.57 Å². The SMILES string of the molecule is [C-]#[N+]c1cc(-c2cccn2C)c(C)c(-[n+]2c(C)ccc3ccccc32)c1. The number of benzene rings is 2. The number of fused-ring (bicyclic) bond motifs is 1. The first-order chi connectivity index (χ1) is 12.6. The number of rotatable bonds is 2. The van der Waals surface area contributed by atoms with Gasteiger partial charge in [0.1, 0.15) is 0 Å². The van der Waals surface area contributed by atoms with Crippen molar-refractivity contribution >= 4 is 16.6 Å². The molecule has 2 heterocycles. The molecule has 4 rings (SSSR count). The first kappa shape index (κ1) is 16.1. The highest BCUT2D eigenvalue weighted by atomic mass is 15.0. The summed E-state index contributed by atoms with van der Waals surface area (Å²) in [6.07, 6.45) is 2.04. The lowest BCUT2D eigenvalue weighted by Crippen LogP contribution is -2.36. The number of aromatic nitrogens is 2. The second-order valence-corrected chi connectivity index (χ2v) is 6.62. The van der Waals surface area contributed by atoms with Gasteiger partial charge in [0.05, 0.1) is 6.57 Å². The van der Waals surface area contributed by atoms with E-state index in [-0.39, 0.29) is 0 Å². The topological polar surface area (TPSA) is 13.2 Å². The van der Waals surface area contributed by atoms with Crippen molar-refractivity contribution in [2.75, 3.05) is 0 Å². The van der Waals surface area contributed by atoms with Gasteiger partial charge in [0.25, 0.3) is 0 Å². The number of para-hydroxylation sites is 1. The minimum Gasteiger partial charge on any atom is -0.351 e. The Morgan fingerprint density at radius 1 is 0.962 bits per heavy atom. The number of hydrogen-bond donors (Lipinski definition) is 0. The van der Waals surface area contributed by atoms with Crippen LogP contribution >= 0.6 is 0 Å². The molecule has 0 N–H and O–H groups in total. The van der Waals surface area contributed by atoms with Crippen molar-refractivity contribution in [2.24, 2.45) is 7.05 Å². The number of hydrogen-bond acceptors (Lipinski definition) is 0. The fourth-order valence-corrected chi connectivity index (χ4v) is 3.61. The first-order valence-corrected chi connectivity index (χ1v) is 8.65. The van der Waals surface area contributed by atoms with Crippen molar-refractivity contribution in [1.82, 2.24) is 4.57 Å². The van der Waals surface area contributed by atoms with E-state index >= 15 is 0 Å². The smallest absolute Gasteiger partial charge is 0.218 e. The summed E-state index contributed by atoms with van der Waals surface area (Å²) < 4.78 is 4.35. The molecule has 3 nitrogen and oxygen atoms in total. The maximum atomic E-state index is 7.57. The summed E-state index contributed by atoms with van der Waals surface area (Å²) in [6.45, 7) is 11.8. The lowest BCUT2D eigenvalue weighted by Gasteiger charge is -2.12. The molecule has 2 aromatic heterocycles. The fourth-order valence-electron chi connectivity index (χ4n) is 3.61. The third kappa shape index (κ3) is 2.48. The van der Waals surface area contributed by atoms with Crippen molar-refractivity contribution in [2.45, 2.75) is 13.8 Å². The number of aryl methyl sites for hydroxylation is 2. The van der Waals surface area contributed by atoms with Gasteiger partial charge in [-0.2, -0.15) is 4.57 Å². The van der Waals surface area contributed by atoms with Crippen LogP contribution in [0.5, 0.6) is 0 Å². The van der Waals surface area contributed by atoms with E-state index in [1.165, 1.54) is 10.9 Å². The summed E-state index contributed by atoms with van der Waals surface area (Å²) in [7, 11) is 2.04. The minimum atomic E-state index is 0.654. The summed E-state index contributed by atoms with van der Waals surface area (Å²) >= 11 is 0. The first-order valence-electron chi connectivity index (χ1n) is 8.65. The normalized spacial score (nSPS) is 10.8. The molecule has 0 atom stereocenters. The third-order valence-electron chi connectivity index (χ3n) is 4.99. The molecule has 0 saturated carbocycles. The highest BCUT2D eigenvalue weighted by Crippen LogP contribution is 2.32. The van der Waals surface area contributed by atoms with Gasteiger partial charge in [-0.25, -0.2) is 4.85 Å². The van der Waals surface area contributed by atoms with Gasteiger partial charge in [-0.1, -0.05) is 12.1 Å². The predicted octanol–water partition coefficient (Wildman–Crippen LogP) is 5.29. The van der Waals surface area contributed by atoms with Crippen LogP contribution in [0.4, 0.5) is 5.69 Å². The molecule has 3 heteroatoms. The Bertz CT molecular complexity index is 1180. The maximum Gasteiger partial charge on any atom is 0.218 e. The minimum absolute atomic E-state index is 0.654. The van der Waals surface area contributed by atoms with Crippen LogP contribution in [0, 0.1) is 20.4 Å². The van der Waals surface area contributed by atoms with E-state index in [0.717, 1.165) is 28.2 Å². The van der Waals surface area contributed by atoms with Gasteiger partial charge in [0.15, 0.2) is 11.4 Å². The van der Waals surface area contributed by atoms with Crippen LogP contribution in [0.1, 0.15) is 11.3 Å². The van der Waals surface area contributed by atoms with Crippen LogP contribution in [0.15, 0.2) is 66.9 Å². The van der Waals surface area contributed by atoms with Gasteiger partial charge in [-0.05, 0) is 42.8 Å². The second-order valence-electron chi connectivity index (χ2n) is 6.62. The van der Waals surface area contributed by atoms with Crippen molar-refractivity contribution < 1.29 is 4.57 Å². The van der Waals surface area contributed by atoms with E-state index in [2.05, 4.69) is 70.3 Å². The van der Waals surface area contributed by atoms with Crippen LogP contribution in [-0.4, -0.2) is 4.57 Å². The highest BCUT2D eigenvalue weighted by Gasteiger charge is 2.22. The van der Waals surface area contributed by atoms with Crippen LogP contribution in [-0.2, 0) is 7.05 Å². The van der Waals surface area contributed by atoms with Crippen LogP contribution in [0.2, 0.25) is 0 Å². The molecule has 0 aliphatic rings. The predicted molar refractivity (Wildman–Crippen MR) is 106 cm³/mol. The third-order valence-corrected chi connectivity index (χ3v) is 4.99. The molecule has 0 bridgehead atoms. The molecule has 4 aromatic rings. The fraction of sp³-hybridized carbons (Fsp3) is 0.130. The van der Waals surface area contributed by atoms with E-state index in [9.17, 15) is 0 Å². The molecule has 0 radical (unpaired) electrons. The Kier molecular flexibility index (Phi) is 3.82. The quantitative estimate of drug-likeness (QED) is 0.348. The van der Waals surface area contributed by atoms with E-state index < -0.39 is 0 Å². The Balaban J connectivity index is 2.10. The summed E-state index contributed by atoms with van der Waals surface area (Å²) in [4.78, 5) is 3.74. The summed E-state index contributed by atoms with van der Waals surface area (Å²) in [6, 6.07) is 20.8. The molecule has 126 valence electrons. The van der Waals surface area contributed by atoms with E-state index in [1.54, 1.807) is 0 Å². The molecule has 0 unspecified atom stereocenters. The lowest BCUT2D eigenvalue weighted by molar-refractivity contribution is -0.574. The number of nitrogens with zero attached hydrogens (tertiary/aromatic N) is 3. The second kappa shape index (κ2) is 6.16. The van der Waals surface area contributed by atoms with E-state index in [0.29, 0.717) is 5.69 Å². The van der Waals surface area contributed by atoms with Gasteiger partial charge in [-0.15, -0.1) is 0 Å². The monoisotopic (exact) mass is 338 g/mol. The van der Waals surface area contributed by atoms with Crippen LogP contribution in [0.3, 0.4) is 0 Å². The maximum absolute atomic E-state index is 7.57. The summed E-state index contributed by atoms with van der Waals surface area (Å²) in [5.41, 5.74) is 7.39. The molecular weight excluding hydrogens is 318 g/mol. The van der Waals surface area contributed by atoms with Crippen molar-refractivity contribution in [3.05, 3.63) is 89.5 Å². The zero-order valence-corrected chi connectivity index (χ0v) is 15.2. The number of pyridine rings is 1. The molecule has 0 saturated heterocycles. The van der Waals surface area contributed by atoms with Gasteiger partial charge in [0, 0.05) is 55.0 Å². The molecule has 0 aliphatic heterocycles. The zero-order chi connectivity index (χ0) is 18.3. The van der Waals surface area contributed by atoms with Crippen molar-refractivity contribution in [1.29, 1.82) is 0 Å². The van der Waals surface area contributed by atoms with Crippen LogP contribution < -0.4 is 4.57 Å². The molecule has 0 amide bonds. The lowest BCUT2D eigenvalue weighted by atomic mass is 10.0. The largest absolute Gasteiger partial charge is 0.351 e. The molecular formula is C23H20N3+. The summed E-state index contributed by atoms with van der Waals surface area (Å²) in [5.74, 6) is 0. The average Bonchev–Trinajstić information content (AvgIpc) is 3.08. The van der Waals surface area contributed by atoms with Crippen molar-refractivity contribution in [3.8, 4) is 16.9 Å². The van der Waals surface area contributed by atoms with Crippen LogP contribution in [0.25, 0.3) is 32.7 Å². The van der Waals surface area contributed by atoms with Gasteiger partial charge in [-0.3, -0.25) is 0 Å². The molecule has 2 aromatic carbocycles. The molecule has 0 aliphatic carbocycles. The Labute approximate surface area is 153 Å². The average molecular weight is 338 g/mol. The molecule has 0 fully saturated rings. The zero-order valence-electron chi connectivity index (χ0n) is 15.2. The van der Waals surface area contributed by atoms with Gasteiger partial charge >= 0.3 is 0 Å². The van der Waals surface area contributed by atoms with Gasteiger partial charge in [0.2, 0.25) is 11.2 Å². The molecule has 26 heavy (non-hydrogen) atoms. The Morgan fingerprint density at radius 2 is 1.77 bits per heavy atom. The summed E-state index contributed by atoms with van der Waals surface area (Å²) in [5, 5.41) is 1.19. The molecule has 0 spiro atoms. The van der Waals surface area contributed by atoms with Crippen molar-refractivity contribution in [3.63, 3.8) is 0 Å².